The molecular formula is C10H15O4P. The lowest BCUT2D eigenvalue weighted by Gasteiger charge is -2.36. The standard InChI is InChI=1S/C10H15O4P/c1-4-10(2,3)9(8-6-5-7-8)14-15(11,12)13/h1,5-6,8-9H,7H2,2-3H3,(H2,11,12,13). The Bertz CT molecular complexity index is 347. The van der Waals surface area contributed by atoms with Gasteiger partial charge in [0.05, 0.1) is 11.5 Å². The first kappa shape index (κ1) is 12.5. The van der Waals surface area contributed by atoms with Gasteiger partial charge in [-0.3, -0.25) is 4.52 Å². The van der Waals surface area contributed by atoms with E-state index in [1.54, 1.807) is 13.8 Å². The highest BCUT2D eigenvalue weighted by molar-refractivity contribution is 7.46. The fourth-order valence-electron chi connectivity index (χ4n) is 1.49. The van der Waals surface area contributed by atoms with Crippen molar-refractivity contribution < 1.29 is 18.9 Å². The lowest BCUT2D eigenvalue weighted by Crippen LogP contribution is -2.37. The van der Waals surface area contributed by atoms with Crippen molar-refractivity contribution in [1.29, 1.82) is 0 Å². The molecule has 0 radical (unpaired) electrons. The summed E-state index contributed by atoms with van der Waals surface area (Å²) < 4.78 is 15.6. The van der Waals surface area contributed by atoms with Gasteiger partial charge >= 0.3 is 7.82 Å². The predicted octanol–water partition coefficient (Wildman–Crippen LogP) is 1.70. The molecule has 0 saturated heterocycles. The summed E-state index contributed by atoms with van der Waals surface area (Å²) in [6, 6.07) is 0. The Morgan fingerprint density at radius 3 is 2.47 bits per heavy atom. The second-order valence-electron chi connectivity index (χ2n) is 4.21. The van der Waals surface area contributed by atoms with Gasteiger partial charge < -0.3 is 9.79 Å². The zero-order valence-corrected chi connectivity index (χ0v) is 9.65. The summed E-state index contributed by atoms with van der Waals surface area (Å²) in [4.78, 5) is 17.6. The van der Waals surface area contributed by atoms with Crippen LogP contribution in [-0.4, -0.2) is 15.9 Å². The van der Waals surface area contributed by atoms with Gasteiger partial charge in [0.15, 0.2) is 0 Å². The van der Waals surface area contributed by atoms with E-state index in [-0.39, 0.29) is 5.92 Å². The third-order valence-corrected chi connectivity index (χ3v) is 3.02. The Balaban J connectivity index is 2.84. The largest absolute Gasteiger partial charge is 0.469 e. The summed E-state index contributed by atoms with van der Waals surface area (Å²) in [6.45, 7) is 3.47. The van der Waals surface area contributed by atoms with E-state index in [9.17, 15) is 4.57 Å². The number of hydrogen-bond acceptors (Lipinski definition) is 2. The van der Waals surface area contributed by atoms with Crippen molar-refractivity contribution in [2.75, 3.05) is 0 Å². The Kier molecular flexibility index (Phi) is 3.42. The zero-order valence-electron chi connectivity index (χ0n) is 8.75. The van der Waals surface area contributed by atoms with Crippen LogP contribution in [0.2, 0.25) is 0 Å². The summed E-state index contributed by atoms with van der Waals surface area (Å²) in [5.41, 5.74) is -0.698. The van der Waals surface area contributed by atoms with Gasteiger partial charge in [0.25, 0.3) is 0 Å². The Morgan fingerprint density at radius 2 is 2.20 bits per heavy atom. The number of phosphoric acid groups is 1. The Morgan fingerprint density at radius 1 is 1.67 bits per heavy atom. The third-order valence-electron chi connectivity index (χ3n) is 2.51. The molecule has 0 bridgehead atoms. The van der Waals surface area contributed by atoms with E-state index in [0.29, 0.717) is 0 Å². The summed E-state index contributed by atoms with van der Waals surface area (Å²) in [7, 11) is -4.49. The minimum absolute atomic E-state index is 0.0105. The first-order chi connectivity index (χ1) is 6.76. The molecule has 4 nitrogen and oxygen atoms in total. The topological polar surface area (TPSA) is 66.8 Å². The fraction of sp³-hybridized carbons (Fsp3) is 0.600. The maximum Gasteiger partial charge on any atom is 0.469 e. The van der Waals surface area contributed by atoms with Gasteiger partial charge in [0.2, 0.25) is 0 Å². The molecular weight excluding hydrogens is 215 g/mol. The van der Waals surface area contributed by atoms with Gasteiger partial charge in [-0.25, -0.2) is 4.57 Å². The van der Waals surface area contributed by atoms with Crippen LogP contribution in [0.5, 0.6) is 0 Å². The highest BCUT2D eigenvalue weighted by Gasteiger charge is 2.40. The van der Waals surface area contributed by atoms with Crippen molar-refractivity contribution in [2.45, 2.75) is 26.4 Å². The van der Waals surface area contributed by atoms with Crippen LogP contribution in [0.25, 0.3) is 0 Å². The molecule has 0 aromatic carbocycles. The average Bonchev–Trinajstić information content (AvgIpc) is 1.97. The molecule has 0 aromatic heterocycles. The van der Waals surface area contributed by atoms with Gasteiger partial charge in [-0.05, 0) is 20.3 Å². The summed E-state index contributed by atoms with van der Waals surface area (Å²) in [5, 5.41) is 0. The minimum atomic E-state index is -4.49. The molecule has 84 valence electrons. The molecule has 5 heteroatoms. The number of rotatable bonds is 4. The Labute approximate surface area is 89.6 Å². The molecule has 15 heavy (non-hydrogen) atoms. The van der Waals surface area contributed by atoms with Crippen molar-refractivity contribution >= 4 is 7.82 Å². The molecule has 0 aliphatic heterocycles. The fourth-order valence-corrected chi connectivity index (χ4v) is 2.21. The molecule has 0 saturated carbocycles. The summed E-state index contributed by atoms with van der Waals surface area (Å²) in [6.07, 6.45) is 9.22. The van der Waals surface area contributed by atoms with Crippen molar-refractivity contribution in [3.8, 4) is 12.3 Å². The number of phosphoric ester groups is 1. The van der Waals surface area contributed by atoms with Crippen LogP contribution in [0.4, 0.5) is 0 Å². The molecule has 0 heterocycles. The van der Waals surface area contributed by atoms with Crippen LogP contribution in [0.1, 0.15) is 20.3 Å². The third kappa shape index (κ3) is 3.19. The van der Waals surface area contributed by atoms with Crippen LogP contribution in [-0.2, 0) is 9.09 Å². The maximum absolute atomic E-state index is 10.8. The molecule has 2 atom stereocenters. The van der Waals surface area contributed by atoms with Crippen LogP contribution in [0.15, 0.2) is 12.2 Å². The minimum Gasteiger partial charge on any atom is -0.303 e. The van der Waals surface area contributed by atoms with Crippen molar-refractivity contribution in [3.63, 3.8) is 0 Å². The highest BCUT2D eigenvalue weighted by atomic mass is 31.2. The maximum atomic E-state index is 10.8. The van der Waals surface area contributed by atoms with Gasteiger partial charge in [-0.1, -0.05) is 18.1 Å². The van der Waals surface area contributed by atoms with Crippen molar-refractivity contribution in [3.05, 3.63) is 12.2 Å². The molecule has 0 amide bonds. The van der Waals surface area contributed by atoms with E-state index in [1.807, 2.05) is 12.2 Å². The SMILES string of the molecule is C#CC(C)(C)C(OP(=O)(O)O)C1C=CC1. The zero-order chi connectivity index (χ0) is 11.7. The molecule has 1 rings (SSSR count). The second-order valence-corrected chi connectivity index (χ2v) is 5.40. The van der Waals surface area contributed by atoms with E-state index >= 15 is 0 Å². The molecule has 2 N–H and O–H groups in total. The van der Waals surface area contributed by atoms with E-state index in [2.05, 4.69) is 5.92 Å². The predicted molar refractivity (Wildman–Crippen MR) is 56.8 cm³/mol. The molecule has 0 aromatic rings. The quantitative estimate of drug-likeness (QED) is 0.438. The van der Waals surface area contributed by atoms with Gasteiger partial charge in [0.1, 0.15) is 0 Å². The normalized spacial score (nSPS) is 23.0. The first-order valence-electron chi connectivity index (χ1n) is 4.64. The average molecular weight is 230 g/mol. The van der Waals surface area contributed by atoms with Crippen LogP contribution >= 0.6 is 7.82 Å². The number of terminal acetylenes is 1. The molecule has 1 aliphatic rings. The van der Waals surface area contributed by atoms with Crippen LogP contribution in [0.3, 0.4) is 0 Å². The monoisotopic (exact) mass is 230 g/mol. The van der Waals surface area contributed by atoms with Crippen LogP contribution in [0, 0.1) is 23.7 Å². The van der Waals surface area contributed by atoms with E-state index in [4.69, 9.17) is 20.7 Å². The van der Waals surface area contributed by atoms with Gasteiger partial charge in [0, 0.05) is 5.92 Å². The summed E-state index contributed by atoms with van der Waals surface area (Å²) >= 11 is 0. The van der Waals surface area contributed by atoms with E-state index < -0.39 is 19.3 Å². The molecule has 0 fully saturated rings. The smallest absolute Gasteiger partial charge is 0.303 e. The Hall–Kier alpha value is -0.590. The number of allylic oxidation sites excluding steroid dienone is 1. The van der Waals surface area contributed by atoms with Crippen LogP contribution < -0.4 is 0 Å². The van der Waals surface area contributed by atoms with Gasteiger partial charge in [-0.2, -0.15) is 0 Å². The highest BCUT2D eigenvalue weighted by Crippen LogP contribution is 2.46. The first-order valence-corrected chi connectivity index (χ1v) is 6.17. The van der Waals surface area contributed by atoms with E-state index in [1.165, 1.54) is 0 Å². The lowest BCUT2D eigenvalue weighted by molar-refractivity contribution is 0.0383. The number of hydrogen-bond donors (Lipinski definition) is 2. The molecule has 0 spiro atoms. The molecule has 1 aliphatic carbocycles. The van der Waals surface area contributed by atoms with Crippen molar-refractivity contribution in [1.82, 2.24) is 0 Å². The van der Waals surface area contributed by atoms with E-state index in [0.717, 1.165) is 6.42 Å². The molecule has 2 unspecified atom stereocenters. The summed E-state index contributed by atoms with van der Waals surface area (Å²) in [5.74, 6) is 2.50. The van der Waals surface area contributed by atoms with Gasteiger partial charge in [-0.15, -0.1) is 6.42 Å². The second kappa shape index (κ2) is 4.11. The lowest BCUT2D eigenvalue weighted by atomic mass is 9.75. The van der Waals surface area contributed by atoms with Crippen molar-refractivity contribution in [2.24, 2.45) is 11.3 Å².